The average molecular weight is 311 g/mol. The minimum Gasteiger partial charge on any atom is -0.481 e. The van der Waals surface area contributed by atoms with Gasteiger partial charge < -0.3 is 15.0 Å². The van der Waals surface area contributed by atoms with E-state index in [9.17, 15) is 14.0 Å². The molecule has 0 unspecified atom stereocenters. The van der Waals surface area contributed by atoms with Gasteiger partial charge in [-0.05, 0) is 12.1 Å². The highest BCUT2D eigenvalue weighted by Crippen LogP contribution is 2.25. The summed E-state index contributed by atoms with van der Waals surface area (Å²) in [6, 6.07) is 4.59. The molecule has 0 aliphatic heterocycles. The standard InChI is InChI=1S/C13H14FN3O3S/c1-8(18)15-5-6-17-10-4-2-3-9(14)12(10)16-13(17)21-7-11(19)20/h2-4H,5-7H2,1H3,(H,15,18)(H,19,20). The molecule has 6 nitrogen and oxygen atoms in total. The Morgan fingerprint density at radius 1 is 1.48 bits per heavy atom. The van der Waals surface area contributed by atoms with E-state index < -0.39 is 11.8 Å². The molecule has 1 heterocycles. The van der Waals surface area contributed by atoms with Crippen LogP contribution in [0.2, 0.25) is 0 Å². The van der Waals surface area contributed by atoms with Crippen molar-refractivity contribution in [3.05, 3.63) is 24.0 Å². The number of hydrogen-bond acceptors (Lipinski definition) is 4. The summed E-state index contributed by atoms with van der Waals surface area (Å²) >= 11 is 1.02. The first-order valence-corrected chi connectivity index (χ1v) is 7.21. The summed E-state index contributed by atoms with van der Waals surface area (Å²) in [6.07, 6.45) is 0. The van der Waals surface area contributed by atoms with Crippen LogP contribution in [-0.4, -0.2) is 38.8 Å². The largest absolute Gasteiger partial charge is 0.481 e. The Balaban J connectivity index is 2.32. The van der Waals surface area contributed by atoms with Gasteiger partial charge >= 0.3 is 5.97 Å². The van der Waals surface area contributed by atoms with Crippen LogP contribution in [0.25, 0.3) is 11.0 Å². The summed E-state index contributed by atoms with van der Waals surface area (Å²) in [7, 11) is 0. The molecule has 0 aliphatic carbocycles. The Labute approximate surface area is 124 Å². The fraction of sp³-hybridized carbons (Fsp3) is 0.308. The van der Waals surface area contributed by atoms with Gasteiger partial charge in [0, 0.05) is 20.0 Å². The highest BCUT2D eigenvalue weighted by atomic mass is 32.2. The Hall–Kier alpha value is -2.09. The maximum atomic E-state index is 13.8. The quantitative estimate of drug-likeness (QED) is 0.790. The van der Waals surface area contributed by atoms with Crippen LogP contribution in [-0.2, 0) is 16.1 Å². The maximum Gasteiger partial charge on any atom is 0.313 e. The van der Waals surface area contributed by atoms with E-state index in [4.69, 9.17) is 5.11 Å². The molecule has 0 bridgehead atoms. The van der Waals surface area contributed by atoms with E-state index >= 15 is 0 Å². The van der Waals surface area contributed by atoms with Gasteiger partial charge in [-0.15, -0.1) is 0 Å². The highest BCUT2D eigenvalue weighted by molar-refractivity contribution is 7.99. The SMILES string of the molecule is CC(=O)NCCn1c(SCC(=O)O)nc2c(F)cccc21. The van der Waals surface area contributed by atoms with Crippen molar-refractivity contribution in [3.63, 3.8) is 0 Å². The van der Waals surface area contributed by atoms with Crippen LogP contribution in [0.15, 0.2) is 23.4 Å². The molecule has 2 rings (SSSR count). The summed E-state index contributed by atoms with van der Waals surface area (Å²) in [5.41, 5.74) is 0.779. The van der Waals surface area contributed by atoms with Crippen molar-refractivity contribution in [2.75, 3.05) is 12.3 Å². The first-order chi connectivity index (χ1) is 9.99. The van der Waals surface area contributed by atoms with Crippen LogP contribution in [0.5, 0.6) is 0 Å². The molecule has 0 spiro atoms. The zero-order valence-corrected chi connectivity index (χ0v) is 12.1. The number of amides is 1. The Bertz CT molecular complexity index is 687. The van der Waals surface area contributed by atoms with Crippen LogP contribution >= 0.6 is 11.8 Å². The number of carboxylic acid groups (broad SMARTS) is 1. The number of rotatable bonds is 6. The highest BCUT2D eigenvalue weighted by Gasteiger charge is 2.15. The third-order valence-electron chi connectivity index (χ3n) is 2.73. The summed E-state index contributed by atoms with van der Waals surface area (Å²) in [5.74, 6) is -1.75. The molecule has 0 atom stereocenters. The number of halogens is 1. The van der Waals surface area contributed by atoms with Crippen molar-refractivity contribution >= 4 is 34.7 Å². The molecule has 0 saturated carbocycles. The van der Waals surface area contributed by atoms with Gasteiger partial charge in [0.2, 0.25) is 5.91 Å². The smallest absolute Gasteiger partial charge is 0.313 e. The number of thioether (sulfide) groups is 1. The second-order valence-corrected chi connectivity index (χ2v) is 5.26. The lowest BCUT2D eigenvalue weighted by atomic mass is 10.3. The Morgan fingerprint density at radius 2 is 2.24 bits per heavy atom. The number of para-hydroxylation sites is 1. The molecule has 1 aromatic carbocycles. The third kappa shape index (κ3) is 3.72. The molecule has 21 heavy (non-hydrogen) atoms. The summed E-state index contributed by atoms with van der Waals surface area (Å²) in [6.45, 7) is 2.16. The molecule has 0 saturated heterocycles. The molecular formula is C13H14FN3O3S. The van der Waals surface area contributed by atoms with Crippen molar-refractivity contribution in [1.29, 1.82) is 0 Å². The molecule has 1 amide bonds. The molecule has 2 N–H and O–H groups in total. The Morgan fingerprint density at radius 3 is 2.90 bits per heavy atom. The molecule has 1 aromatic heterocycles. The average Bonchev–Trinajstić information content (AvgIpc) is 2.76. The van der Waals surface area contributed by atoms with Gasteiger partial charge in [-0.1, -0.05) is 17.8 Å². The minimum absolute atomic E-state index is 0.162. The molecule has 0 aliphatic rings. The van der Waals surface area contributed by atoms with Gasteiger partial charge in [0.25, 0.3) is 0 Å². The lowest BCUT2D eigenvalue weighted by Gasteiger charge is -2.08. The fourth-order valence-electron chi connectivity index (χ4n) is 1.89. The summed E-state index contributed by atoms with van der Waals surface area (Å²) in [5, 5.41) is 11.8. The molecule has 0 radical (unpaired) electrons. The molecule has 112 valence electrons. The first-order valence-electron chi connectivity index (χ1n) is 6.23. The van der Waals surface area contributed by atoms with Crippen molar-refractivity contribution in [1.82, 2.24) is 14.9 Å². The number of aromatic nitrogens is 2. The predicted octanol–water partition coefficient (Wildman–Crippen LogP) is 1.49. The first kappa shape index (κ1) is 15.3. The second-order valence-electron chi connectivity index (χ2n) is 4.32. The molecular weight excluding hydrogens is 297 g/mol. The van der Waals surface area contributed by atoms with Gasteiger partial charge in [0.1, 0.15) is 5.52 Å². The van der Waals surface area contributed by atoms with E-state index in [1.165, 1.54) is 13.0 Å². The molecule has 2 aromatic rings. The summed E-state index contributed by atoms with van der Waals surface area (Å²) in [4.78, 5) is 25.7. The minimum atomic E-state index is -0.971. The number of imidazole rings is 1. The topological polar surface area (TPSA) is 84.2 Å². The van der Waals surface area contributed by atoms with Crippen molar-refractivity contribution < 1.29 is 19.1 Å². The monoisotopic (exact) mass is 311 g/mol. The third-order valence-corrected chi connectivity index (χ3v) is 3.69. The van der Waals surface area contributed by atoms with Crippen molar-refractivity contribution in [2.24, 2.45) is 0 Å². The number of carboxylic acids is 1. The second kappa shape index (κ2) is 6.57. The Kier molecular flexibility index (Phi) is 4.79. The van der Waals surface area contributed by atoms with Gasteiger partial charge in [0.05, 0.1) is 11.3 Å². The van der Waals surface area contributed by atoms with E-state index in [1.54, 1.807) is 16.7 Å². The van der Waals surface area contributed by atoms with Crippen LogP contribution in [0.4, 0.5) is 4.39 Å². The number of nitrogens with zero attached hydrogens (tertiary/aromatic N) is 2. The lowest BCUT2D eigenvalue weighted by molar-refractivity contribution is -0.133. The van der Waals surface area contributed by atoms with Crippen molar-refractivity contribution in [2.45, 2.75) is 18.6 Å². The number of fused-ring (bicyclic) bond motifs is 1. The number of carbonyl (C=O) groups excluding carboxylic acids is 1. The normalized spacial score (nSPS) is 10.8. The van der Waals surface area contributed by atoms with Gasteiger partial charge in [0.15, 0.2) is 11.0 Å². The van der Waals surface area contributed by atoms with Crippen LogP contribution in [0.3, 0.4) is 0 Å². The van der Waals surface area contributed by atoms with E-state index in [0.717, 1.165) is 11.8 Å². The van der Waals surface area contributed by atoms with Crippen LogP contribution in [0.1, 0.15) is 6.92 Å². The number of benzene rings is 1. The van der Waals surface area contributed by atoms with E-state index in [0.29, 0.717) is 23.8 Å². The molecule has 8 heteroatoms. The zero-order chi connectivity index (χ0) is 15.4. The number of aliphatic carboxylic acids is 1. The number of hydrogen-bond donors (Lipinski definition) is 2. The van der Waals surface area contributed by atoms with E-state index in [1.807, 2.05) is 0 Å². The molecule has 0 fully saturated rings. The predicted molar refractivity (Wildman–Crippen MR) is 76.7 cm³/mol. The number of carbonyl (C=O) groups is 2. The van der Waals surface area contributed by atoms with Crippen LogP contribution < -0.4 is 5.32 Å². The summed E-state index contributed by atoms with van der Waals surface area (Å²) < 4.78 is 15.5. The fourth-order valence-corrected chi connectivity index (χ4v) is 2.64. The van der Waals surface area contributed by atoms with Gasteiger partial charge in [-0.25, -0.2) is 9.37 Å². The van der Waals surface area contributed by atoms with Crippen LogP contribution in [0, 0.1) is 5.82 Å². The van der Waals surface area contributed by atoms with Gasteiger partial charge in [-0.3, -0.25) is 9.59 Å². The van der Waals surface area contributed by atoms with E-state index in [2.05, 4.69) is 10.3 Å². The van der Waals surface area contributed by atoms with Crippen molar-refractivity contribution in [3.8, 4) is 0 Å². The number of nitrogens with one attached hydrogen (secondary N) is 1. The van der Waals surface area contributed by atoms with Gasteiger partial charge in [-0.2, -0.15) is 0 Å². The lowest BCUT2D eigenvalue weighted by Crippen LogP contribution is -2.24. The zero-order valence-electron chi connectivity index (χ0n) is 11.3. The van der Waals surface area contributed by atoms with E-state index in [-0.39, 0.29) is 17.2 Å². The maximum absolute atomic E-state index is 13.8.